The molecular formula is C24H19BrN2O3. The standard InChI is InChI=1S/C24H19BrN2O3/c1-29-19-12-14-23(30-2)16(15-19)7-13-21-20-5-3-4-6-22(28)24(20)27(26-21)18-10-8-17(25)9-11-18/h3-15H,1-2H3/b13-7+. The maximum absolute atomic E-state index is 12.8. The maximum atomic E-state index is 12.8. The highest BCUT2D eigenvalue weighted by atomic mass is 79.9. The zero-order chi connectivity index (χ0) is 21.1. The van der Waals surface area contributed by atoms with Gasteiger partial charge in [0.1, 0.15) is 17.0 Å². The summed E-state index contributed by atoms with van der Waals surface area (Å²) in [7, 11) is 3.25. The molecule has 0 saturated heterocycles. The molecule has 0 saturated carbocycles. The Hall–Kier alpha value is -3.38. The first kappa shape index (κ1) is 19.9. The Balaban J connectivity index is 1.90. The monoisotopic (exact) mass is 462 g/mol. The largest absolute Gasteiger partial charge is 0.497 e. The number of nitrogens with zero attached hydrogens (tertiary/aromatic N) is 2. The van der Waals surface area contributed by atoms with Gasteiger partial charge in [-0.3, -0.25) is 4.79 Å². The molecule has 0 N–H and O–H groups in total. The first-order valence-corrected chi connectivity index (χ1v) is 10.1. The molecule has 0 atom stereocenters. The number of methoxy groups -OCH3 is 2. The van der Waals surface area contributed by atoms with E-state index in [0.29, 0.717) is 11.2 Å². The van der Waals surface area contributed by atoms with Crippen molar-refractivity contribution in [2.24, 2.45) is 0 Å². The summed E-state index contributed by atoms with van der Waals surface area (Å²) in [6, 6.07) is 20.3. The summed E-state index contributed by atoms with van der Waals surface area (Å²) < 4.78 is 13.4. The van der Waals surface area contributed by atoms with Crippen molar-refractivity contribution in [3.8, 4) is 17.2 Å². The quantitative estimate of drug-likeness (QED) is 0.401. The molecule has 30 heavy (non-hydrogen) atoms. The Bertz CT molecular complexity index is 1290. The zero-order valence-electron chi connectivity index (χ0n) is 16.5. The molecule has 1 heterocycles. The van der Waals surface area contributed by atoms with Crippen molar-refractivity contribution in [1.29, 1.82) is 0 Å². The van der Waals surface area contributed by atoms with Gasteiger partial charge in [0, 0.05) is 15.4 Å². The summed E-state index contributed by atoms with van der Waals surface area (Å²) >= 11 is 3.45. The van der Waals surface area contributed by atoms with Gasteiger partial charge in [-0.1, -0.05) is 34.1 Å². The van der Waals surface area contributed by atoms with Crippen molar-refractivity contribution in [3.63, 3.8) is 0 Å². The van der Waals surface area contributed by atoms with E-state index in [4.69, 9.17) is 14.6 Å². The van der Waals surface area contributed by atoms with Crippen LogP contribution in [-0.4, -0.2) is 24.0 Å². The summed E-state index contributed by atoms with van der Waals surface area (Å²) in [5, 5.41) is 5.50. The number of aromatic nitrogens is 2. The predicted molar refractivity (Wildman–Crippen MR) is 124 cm³/mol. The van der Waals surface area contributed by atoms with Crippen LogP contribution in [0.1, 0.15) is 11.3 Å². The Morgan fingerprint density at radius 3 is 2.43 bits per heavy atom. The molecule has 4 aromatic rings. The van der Waals surface area contributed by atoms with Crippen molar-refractivity contribution in [1.82, 2.24) is 9.78 Å². The lowest BCUT2D eigenvalue weighted by atomic mass is 10.1. The van der Waals surface area contributed by atoms with E-state index in [9.17, 15) is 4.79 Å². The number of rotatable bonds is 5. The zero-order valence-corrected chi connectivity index (χ0v) is 18.1. The highest BCUT2D eigenvalue weighted by Gasteiger charge is 2.12. The molecule has 0 fully saturated rings. The van der Waals surface area contributed by atoms with Crippen molar-refractivity contribution in [3.05, 3.63) is 92.7 Å². The number of ether oxygens (including phenoxy) is 2. The van der Waals surface area contributed by atoms with Crippen molar-refractivity contribution in [2.75, 3.05) is 14.2 Å². The van der Waals surface area contributed by atoms with Gasteiger partial charge in [-0.2, -0.15) is 5.10 Å². The summed E-state index contributed by atoms with van der Waals surface area (Å²) in [4.78, 5) is 12.8. The molecule has 1 aromatic heterocycles. The van der Waals surface area contributed by atoms with Crippen molar-refractivity contribution >= 4 is 39.0 Å². The summed E-state index contributed by atoms with van der Waals surface area (Å²) in [6.45, 7) is 0. The normalized spacial score (nSPS) is 11.2. The molecule has 3 aromatic carbocycles. The van der Waals surface area contributed by atoms with E-state index in [2.05, 4.69) is 15.9 Å². The summed E-state index contributed by atoms with van der Waals surface area (Å²) in [5.74, 6) is 1.45. The molecule has 0 aliphatic carbocycles. The average molecular weight is 463 g/mol. The third-order valence-electron chi connectivity index (χ3n) is 4.73. The third kappa shape index (κ3) is 3.86. The molecule has 0 unspecified atom stereocenters. The van der Waals surface area contributed by atoms with Crippen LogP contribution in [0.15, 0.2) is 76.0 Å². The van der Waals surface area contributed by atoms with Crippen LogP contribution in [0.3, 0.4) is 0 Å². The van der Waals surface area contributed by atoms with Crippen LogP contribution in [0.25, 0.3) is 28.7 Å². The maximum Gasteiger partial charge on any atom is 0.204 e. The second kappa shape index (κ2) is 8.55. The fourth-order valence-electron chi connectivity index (χ4n) is 3.25. The summed E-state index contributed by atoms with van der Waals surface area (Å²) in [5.41, 5.74) is 2.78. The topological polar surface area (TPSA) is 53.4 Å². The number of halogens is 1. The van der Waals surface area contributed by atoms with E-state index >= 15 is 0 Å². The minimum Gasteiger partial charge on any atom is -0.497 e. The average Bonchev–Trinajstić information content (AvgIpc) is 3.02. The minimum absolute atomic E-state index is 0.0935. The van der Waals surface area contributed by atoms with Crippen LogP contribution in [0.4, 0.5) is 0 Å². The Labute approximate surface area is 182 Å². The van der Waals surface area contributed by atoms with Crippen molar-refractivity contribution < 1.29 is 9.47 Å². The highest BCUT2D eigenvalue weighted by molar-refractivity contribution is 9.10. The first-order valence-electron chi connectivity index (χ1n) is 9.29. The molecule has 0 aliphatic rings. The number of hydrogen-bond acceptors (Lipinski definition) is 4. The van der Waals surface area contributed by atoms with Crippen LogP contribution in [0, 0.1) is 0 Å². The molecule has 4 rings (SSSR count). The molecule has 0 bridgehead atoms. The lowest BCUT2D eigenvalue weighted by molar-refractivity contribution is 0.402. The number of fused-ring (bicyclic) bond motifs is 1. The second-order valence-corrected chi connectivity index (χ2v) is 7.48. The van der Waals surface area contributed by atoms with E-state index in [-0.39, 0.29) is 5.43 Å². The lowest BCUT2D eigenvalue weighted by Gasteiger charge is -2.06. The minimum atomic E-state index is -0.0935. The van der Waals surface area contributed by atoms with Gasteiger partial charge < -0.3 is 9.47 Å². The van der Waals surface area contributed by atoms with Gasteiger partial charge in [0.2, 0.25) is 5.43 Å². The molecular weight excluding hydrogens is 444 g/mol. The van der Waals surface area contributed by atoms with Gasteiger partial charge in [0.25, 0.3) is 0 Å². The van der Waals surface area contributed by atoms with Gasteiger partial charge in [-0.25, -0.2) is 4.68 Å². The predicted octanol–water partition coefficient (Wildman–Crippen LogP) is 5.34. The van der Waals surface area contributed by atoms with Crippen LogP contribution in [-0.2, 0) is 0 Å². The Morgan fingerprint density at radius 2 is 1.70 bits per heavy atom. The SMILES string of the molecule is COc1ccc(OC)c(/C=C/c2nn(-c3ccc(Br)cc3)c3c(=O)ccccc23)c1. The first-order chi connectivity index (χ1) is 14.6. The Morgan fingerprint density at radius 1 is 0.933 bits per heavy atom. The fraction of sp³-hybridized carbons (Fsp3) is 0.0833. The highest BCUT2D eigenvalue weighted by Crippen LogP contribution is 2.27. The Kier molecular flexibility index (Phi) is 5.68. The van der Waals surface area contributed by atoms with E-state index in [1.54, 1.807) is 31.0 Å². The van der Waals surface area contributed by atoms with Gasteiger partial charge in [-0.05, 0) is 60.7 Å². The third-order valence-corrected chi connectivity index (χ3v) is 5.26. The van der Waals surface area contributed by atoms with Gasteiger partial charge in [-0.15, -0.1) is 0 Å². The summed E-state index contributed by atoms with van der Waals surface area (Å²) in [6.07, 6.45) is 3.79. The van der Waals surface area contributed by atoms with Crippen LogP contribution in [0.2, 0.25) is 0 Å². The van der Waals surface area contributed by atoms with Crippen molar-refractivity contribution in [2.45, 2.75) is 0 Å². The molecule has 0 radical (unpaired) electrons. The molecule has 0 spiro atoms. The molecule has 0 aliphatic heterocycles. The number of hydrogen-bond donors (Lipinski definition) is 0. The van der Waals surface area contributed by atoms with E-state index in [1.165, 1.54) is 0 Å². The van der Waals surface area contributed by atoms with Gasteiger partial charge in [0.05, 0.1) is 25.6 Å². The molecule has 5 nitrogen and oxygen atoms in total. The smallest absolute Gasteiger partial charge is 0.204 e. The van der Waals surface area contributed by atoms with Crippen LogP contribution >= 0.6 is 15.9 Å². The molecule has 6 heteroatoms. The van der Waals surface area contributed by atoms with Gasteiger partial charge >= 0.3 is 0 Å². The van der Waals surface area contributed by atoms with E-state index in [0.717, 1.165) is 32.6 Å². The fourth-order valence-corrected chi connectivity index (χ4v) is 3.52. The van der Waals surface area contributed by atoms with Crippen LogP contribution in [0.5, 0.6) is 11.5 Å². The molecule has 0 amide bonds. The second-order valence-electron chi connectivity index (χ2n) is 6.56. The van der Waals surface area contributed by atoms with Crippen LogP contribution < -0.4 is 14.9 Å². The lowest BCUT2D eigenvalue weighted by Crippen LogP contribution is -2.04. The van der Waals surface area contributed by atoms with Gasteiger partial charge in [0.15, 0.2) is 0 Å². The van der Waals surface area contributed by atoms with E-state index in [1.807, 2.05) is 66.7 Å². The number of benzene rings is 2. The van der Waals surface area contributed by atoms with E-state index < -0.39 is 0 Å². The molecule has 150 valence electrons.